The van der Waals surface area contributed by atoms with E-state index < -0.39 is 12.0 Å². The summed E-state index contributed by atoms with van der Waals surface area (Å²) in [5.74, 6) is -0.245. The summed E-state index contributed by atoms with van der Waals surface area (Å²) in [6, 6.07) is -0.737. The van der Waals surface area contributed by atoms with E-state index in [0.29, 0.717) is 24.7 Å². The molecule has 17 heavy (non-hydrogen) atoms. The zero-order chi connectivity index (χ0) is 13.4. The van der Waals surface area contributed by atoms with Crippen LogP contribution in [0.4, 0.5) is 0 Å². The molecule has 0 aromatic heterocycles. The topological polar surface area (TPSA) is 66.4 Å². The second-order valence-corrected chi connectivity index (χ2v) is 5.19. The van der Waals surface area contributed by atoms with Crippen molar-refractivity contribution in [2.45, 2.75) is 59.4 Å². The first-order valence-electron chi connectivity index (χ1n) is 6.38. The number of hydrogen-bond acceptors (Lipinski definition) is 2. The van der Waals surface area contributed by atoms with Crippen LogP contribution < -0.4 is 5.32 Å². The predicted molar refractivity (Wildman–Crippen MR) is 67.7 cm³/mol. The van der Waals surface area contributed by atoms with Crippen LogP contribution in [0.15, 0.2) is 0 Å². The van der Waals surface area contributed by atoms with Gasteiger partial charge in [0.1, 0.15) is 6.04 Å². The molecule has 0 heterocycles. The van der Waals surface area contributed by atoms with Crippen LogP contribution >= 0.6 is 0 Å². The smallest absolute Gasteiger partial charge is 0.326 e. The van der Waals surface area contributed by atoms with Gasteiger partial charge in [0.2, 0.25) is 5.91 Å². The lowest BCUT2D eigenvalue weighted by Gasteiger charge is -2.17. The van der Waals surface area contributed by atoms with E-state index in [1.165, 1.54) is 0 Å². The van der Waals surface area contributed by atoms with E-state index in [-0.39, 0.29) is 5.91 Å². The molecule has 0 rings (SSSR count). The Morgan fingerprint density at radius 2 is 1.82 bits per heavy atom. The molecule has 0 saturated carbocycles. The SMILES string of the molecule is CCCC(NC(=O)CC(C)CC(C)C)C(=O)O. The van der Waals surface area contributed by atoms with Gasteiger partial charge in [0, 0.05) is 6.42 Å². The highest BCUT2D eigenvalue weighted by atomic mass is 16.4. The third-order valence-electron chi connectivity index (χ3n) is 2.62. The summed E-state index contributed by atoms with van der Waals surface area (Å²) in [5, 5.41) is 11.5. The Balaban J connectivity index is 4.09. The maximum absolute atomic E-state index is 11.7. The molecule has 2 atom stereocenters. The first-order chi connectivity index (χ1) is 7.86. The molecule has 0 aromatic rings. The molecule has 100 valence electrons. The Morgan fingerprint density at radius 3 is 2.24 bits per heavy atom. The number of hydrogen-bond donors (Lipinski definition) is 2. The van der Waals surface area contributed by atoms with Gasteiger partial charge in [-0.3, -0.25) is 4.79 Å². The molecule has 0 aliphatic carbocycles. The molecule has 1 amide bonds. The largest absolute Gasteiger partial charge is 0.480 e. The molecular weight excluding hydrogens is 218 g/mol. The number of carboxylic acid groups (broad SMARTS) is 1. The van der Waals surface area contributed by atoms with E-state index >= 15 is 0 Å². The molecule has 0 fully saturated rings. The van der Waals surface area contributed by atoms with Crippen LogP contribution in [0.1, 0.15) is 53.4 Å². The average molecular weight is 243 g/mol. The van der Waals surface area contributed by atoms with Gasteiger partial charge in [0.05, 0.1) is 0 Å². The molecule has 4 heteroatoms. The fraction of sp³-hybridized carbons (Fsp3) is 0.846. The Morgan fingerprint density at radius 1 is 1.24 bits per heavy atom. The maximum Gasteiger partial charge on any atom is 0.326 e. The maximum atomic E-state index is 11.7. The molecule has 0 aliphatic rings. The fourth-order valence-corrected chi connectivity index (χ4v) is 2.00. The first-order valence-corrected chi connectivity index (χ1v) is 6.38. The highest BCUT2D eigenvalue weighted by Crippen LogP contribution is 2.14. The summed E-state index contributed by atoms with van der Waals surface area (Å²) in [7, 11) is 0. The number of rotatable bonds is 8. The lowest BCUT2D eigenvalue weighted by atomic mass is 9.95. The van der Waals surface area contributed by atoms with Crippen molar-refractivity contribution in [2.24, 2.45) is 11.8 Å². The third-order valence-corrected chi connectivity index (χ3v) is 2.62. The van der Waals surface area contributed by atoms with Gasteiger partial charge >= 0.3 is 5.97 Å². The second-order valence-electron chi connectivity index (χ2n) is 5.19. The van der Waals surface area contributed by atoms with Crippen molar-refractivity contribution in [1.82, 2.24) is 5.32 Å². The van der Waals surface area contributed by atoms with Gasteiger partial charge in [-0.15, -0.1) is 0 Å². The van der Waals surface area contributed by atoms with Gasteiger partial charge in [-0.1, -0.05) is 34.1 Å². The van der Waals surface area contributed by atoms with Crippen molar-refractivity contribution >= 4 is 11.9 Å². The molecule has 0 spiro atoms. The monoisotopic (exact) mass is 243 g/mol. The normalized spacial score (nSPS) is 14.4. The minimum Gasteiger partial charge on any atom is -0.480 e. The van der Waals surface area contributed by atoms with Crippen molar-refractivity contribution in [3.63, 3.8) is 0 Å². The zero-order valence-electron chi connectivity index (χ0n) is 11.3. The molecule has 0 aliphatic heterocycles. The fourth-order valence-electron chi connectivity index (χ4n) is 2.00. The Bertz CT molecular complexity index is 251. The van der Waals surface area contributed by atoms with Gasteiger partial charge in [-0.2, -0.15) is 0 Å². The van der Waals surface area contributed by atoms with Crippen molar-refractivity contribution in [1.29, 1.82) is 0 Å². The second kappa shape index (κ2) is 8.09. The van der Waals surface area contributed by atoms with Gasteiger partial charge in [-0.05, 0) is 24.7 Å². The number of amides is 1. The van der Waals surface area contributed by atoms with Crippen LogP contribution in [0, 0.1) is 11.8 Å². The summed E-state index contributed by atoms with van der Waals surface area (Å²) < 4.78 is 0. The Labute approximate surface area is 104 Å². The molecule has 2 N–H and O–H groups in total. The van der Waals surface area contributed by atoms with Crippen LogP contribution in [0.2, 0.25) is 0 Å². The van der Waals surface area contributed by atoms with Crippen molar-refractivity contribution in [3.8, 4) is 0 Å². The lowest BCUT2D eigenvalue weighted by Crippen LogP contribution is -2.41. The lowest BCUT2D eigenvalue weighted by molar-refractivity contribution is -0.142. The zero-order valence-corrected chi connectivity index (χ0v) is 11.3. The predicted octanol–water partition coefficient (Wildman–Crippen LogP) is 2.43. The van der Waals surface area contributed by atoms with Gasteiger partial charge < -0.3 is 10.4 Å². The minimum absolute atomic E-state index is 0.154. The first kappa shape index (κ1) is 15.9. The van der Waals surface area contributed by atoms with E-state index in [1.54, 1.807) is 0 Å². The molecule has 2 unspecified atom stereocenters. The van der Waals surface area contributed by atoms with Crippen LogP contribution in [0.5, 0.6) is 0 Å². The highest BCUT2D eigenvalue weighted by Gasteiger charge is 2.19. The van der Waals surface area contributed by atoms with Gasteiger partial charge in [0.15, 0.2) is 0 Å². The molecular formula is C13H25NO3. The molecule has 0 aromatic carbocycles. The summed E-state index contributed by atoms with van der Waals surface area (Å²) in [6.07, 6.45) is 2.63. The van der Waals surface area contributed by atoms with Gasteiger partial charge in [-0.25, -0.2) is 4.79 Å². The quantitative estimate of drug-likeness (QED) is 0.688. The number of carbonyl (C=O) groups is 2. The van der Waals surface area contributed by atoms with Crippen molar-refractivity contribution in [3.05, 3.63) is 0 Å². The minimum atomic E-state index is -0.947. The third kappa shape index (κ3) is 7.77. The summed E-state index contributed by atoms with van der Waals surface area (Å²) >= 11 is 0. The summed E-state index contributed by atoms with van der Waals surface area (Å²) in [6.45, 7) is 8.16. The van der Waals surface area contributed by atoms with E-state index in [4.69, 9.17) is 5.11 Å². The van der Waals surface area contributed by atoms with Crippen molar-refractivity contribution in [2.75, 3.05) is 0 Å². The van der Waals surface area contributed by atoms with E-state index in [9.17, 15) is 9.59 Å². The number of carbonyl (C=O) groups excluding carboxylic acids is 1. The van der Waals surface area contributed by atoms with Crippen LogP contribution in [-0.4, -0.2) is 23.0 Å². The average Bonchev–Trinajstić information content (AvgIpc) is 2.14. The van der Waals surface area contributed by atoms with E-state index in [0.717, 1.165) is 12.8 Å². The Kier molecular flexibility index (Phi) is 7.59. The number of aliphatic carboxylic acids is 1. The number of nitrogens with one attached hydrogen (secondary N) is 1. The molecule has 0 saturated heterocycles. The number of carboxylic acids is 1. The van der Waals surface area contributed by atoms with Crippen LogP contribution in [-0.2, 0) is 9.59 Å². The van der Waals surface area contributed by atoms with Crippen molar-refractivity contribution < 1.29 is 14.7 Å². The van der Waals surface area contributed by atoms with Crippen LogP contribution in [0.25, 0.3) is 0 Å². The highest BCUT2D eigenvalue weighted by molar-refractivity contribution is 5.83. The van der Waals surface area contributed by atoms with Gasteiger partial charge in [0.25, 0.3) is 0 Å². The standard InChI is InChI=1S/C13H25NO3/c1-5-6-11(13(16)17)14-12(15)8-10(4)7-9(2)3/h9-11H,5-8H2,1-4H3,(H,14,15)(H,16,17). The Hall–Kier alpha value is -1.06. The van der Waals surface area contributed by atoms with E-state index in [2.05, 4.69) is 19.2 Å². The van der Waals surface area contributed by atoms with Crippen LogP contribution in [0.3, 0.4) is 0 Å². The summed E-state index contributed by atoms with van der Waals surface area (Å²) in [5.41, 5.74) is 0. The molecule has 0 radical (unpaired) electrons. The molecule has 0 bridgehead atoms. The molecule has 4 nitrogen and oxygen atoms in total. The summed E-state index contributed by atoms with van der Waals surface area (Å²) in [4.78, 5) is 22.5. The van der Waals surface area contributed by atoms with E-state index in [1.807, 2.05) is 13.8 Å².